The van der Waals surface area contributed by atoms with Crippen molar-refractivity contribution < 1.29 is 4.79 Å². The number of nitrogens with one attached hydrogen (secondary N) is 1. The third-order valence-electron chi connectivity index (χ3n) is 4.47. The second-order valence-electron chi connectivity index (χ2n) is 6.19. The lowest BCUT2D eigenvalue weighted by Gasteiger charge is -2.16. The van der Waals surface area contributed by atoms with Crippen molar-refractivity contribution in [2.75, 3.05) is 25.0 Å². The number of aromatic nitrogens is 2. The Morgan fingerprint density at radius 1 is 1.16 bits per heavy atom. The molecule has 5 nitrogen and oxygen atoms in total. The topological polar surface area (TPSA) is 58.1 Å². The van der Waals surface area contributed by atoms with Gasteiger partial charge in [0.1, 0.15) is 5.82 Å². The Labute approximate surface area is 150 Å². The Kier molecular flexibility index (Phi) is 4.61. The van der Waals surface area contributed by atoms with Crippen LogP contribution in [0.5, 0.6) is 0 Å². The second kappa shape index (κ2) is 7.19. The summed E-state index contributed by atoms with van der Waals surface area (Å²) >= 11 is 1.63. The Bertz CT molecular complexity index is 872. The van der Waals surface area contributed by atoms with Crippen molar-refractivity contribution in [2.24, 2.45) is 0 Å². The molecule has 4 rings (SSSR count). The van der Waals surface area contributed by atoms with Crippen LogP contribution in [0.2, 0.25) is 0 Å². The fraction of sp³-hybridized carbons (Fsp3) is 0.316. The van der Waals surface area contributed by atoms with E-state index in [1.165, 1.54) is 0 Å². The van der Waals surface area contributed by atoms with Crippen molar-refractivity contribution in [2.45, 2.75) is 19.3 Å². The molecular weight excluding hydrogens is 332 g/mol. The molecule has 0 spiro atoms. The first-order valence-corrected chi connectivity index (χ1v) is 9.56. The standard InChI is InChI=1S/C19H20N4OS/c24-17(23-10-3-4-11-23)7-9-20-19-15-5-1-2-6-16(15)21-18(22-19)14-8-12-25-13-14/h1-2,5-6,8,12-13H,3-4,7,9-11H2,(H,20,21,22). The molecule has 25 heavy (non-hydrogen) atoms. The maximum atomic E-state index is 12.2. The number of rotatable bonds is 5. The SMILES string of the molecule is O=C(CCNc1nc(-c2ccsc2)nc2ccccc12)N1CCCC1. The van der Waals surface area contributed by atoms with E-state index in [1.54, 1.807) is 11.3 Å². The number of hydrogen-bond acceptors (Lipinski definition) is 5. The van der Waals surface area contributed by atoms with Crippen LogP contribution in [-0.2, 0) is 4.79 Å². The lowest BCUT2D eigenvalue weighted by Crippen LogP contribution is -2.29. The number of benzene rings is 1. The zero-order chi connectivity index (χ0) is 17.1. The zero-order valence-corrected chi connectivity index (χ0v) is 14.8. The Morgan fingerprint density at radius 2 is 2.00 bits per heavy atom. The third kappa shape index (κ3) is 3.49. The van der Waals surface area contributed by atoms with Gasteiger partial charge in [0.15, 0.2) is 5.82 Å². The van der Waals surface area contributed by atoms with Gasteiger partial charge in [-0.25, -0.2) is 9.97 Å². The normalized spacial score (nSPS) is 14.2. The number of carbonyl (C=O) groups excluding carboxylic acids is 1. The molecule has 2 aromatic heterocycles. The van der Waals surface area contributed by atoms with Gasteiger partial charge >= 0.3 is 0 Å². The Balaban J connectivity index is 1.54. The maximum absolute atomic E-state index is 12.2. The average Bonchev–Trinajstić information content (AvgIpc) is 3.35. The molecule has 1 fully saturated rings. The number of hydrogen-bond donors (Lipinski definition) is 1. The van der Waals surface area contributed by atoms with Crippen LogP contribution in [0.4, 0.5) is 5.82 Å². The van der Waals surface area contributed by atoms with Gasteiger partial charge in [0.2, 0.25) is 5.91 Å². The molecule has 1 saturated heterocycles. The van der Waals surface area contributed by atoms with Gasteiger partial charge in [-0.15, -0.1) is 0 Å². The van der Waals surface area contributed by atoms with Gasteiger partial charge < -0.3 is 10.2 Å². The fourth-order valence-corrected chi connectivity index (χ4v) is 3.78. The Morgan fingerprint density at radius 3 is 2.80 bits per heavy atom. The van der Waals surface area contributed by atoms with Crippen molar-refractivity contribution in [1.29, 1.82) is 0 Å². The molecule has 3 heterocycles. The summed E-state index contributed by atoms with van der Waals surface area (Å²) in [4.78, 5) is 23.5. The lowest BCUT2D eigenvalue weighted by molar-refractivity contribution is -0.129. The molecule has 0 unspecified atom stereocenters. The molecule has 0 radical (unpaired) electrons. The van der Waals surface area contributed by atoms with Crippen LogP contribution < -0.4 is 5.32 Å². The summed E-state index contributed by atoms with van der Waals surface area (Å²) < 4.78 is 0. The molecule has 0 saturated carbocycles. The molecule has 128 valence electrons. The molecule has 1 aromatic carbocycles. The predicted octanol–water partition coefficient (Wildman–Crippen LogP) is 3.78. The van der Waals surface area contributed by atoms with E-state index in [9.17, 15) is 4.79 Å². The molecule has 6 heteroatoms. The number of thiophene rings is 1. The second-order valence-corrected chi connectivity index (χ2v) is 6.97. The summed E-state index contributed by atoms with van der Waals surface area (Å²) in [5, 5.41) is 8.40. The van der Waals surface area contributed by atoms with Crippen molar-refractivity contribution in [3.05, 3.63) is 41.1 Å². The van der Waals surface area contributed by atoms with Crippen LogP contribution in [0.15, 0.2) is 41.1 Å². The highest BCUT2D eigenvalue weighted by Crippen LogP contribution is 2.26. The minimum atomic E-state index is 0.224. The molecular formula is C19H20N4OS. The van der Waals surface area contributed by atoms with Gasteiger partial charge in [0.25, 0.3) is 0 Å². The van der Waals surface area contributed by atoms with Gasteiger partial charge in [-0.05, 0) is 36.4 Å². The molecule has 1 amide bonds. The van der Waals surface area contributed by atoms with Crippen LogP contribution in [0.3, 0.4) is 0 Å². The quantitative estimate of drug-likeness (QED) is 0.759. The van der Waals surface area contributed by atoms with E-state index in [-0.39, 0.29) is 5.91 Å². The molecule has 0 aliphatic carbocycles. The van der Waals surface area contributed by atoms with Crippen molar-refractivity contribution in [1.82, 2.24) is 14.9 Å². The number of amides is 1. The Hall–Kier alpha value is -2.47. The molecule has 0 atom stereocenters. The van der Waals surface area contributed by atoms with Gasteiger partial charge in [0, 0.05) is 42.4 Å². The van der Waals surface area contributed by atoms with Gasteiger partial charge in [0.05, 0.1) is 5.52 Å². The molecule has 1 aliphatic heterocycles. The highest BCUT2D eigenvalue weighted by atomic mass is 32.1. The van der Waals surface area contributed by atoms with Crippen molar-refractivity contribution in [3.8, 4) is 11.4 Å². The summed E-state index contributed by atoms with van der Waals surface area (Å²) in [6.45, 7) is 2.38. The smallest absolute Gasteiger partial charge is 0.224 e. The maximum Gasteiger partial charge on any atom is 0.224 e. The van der Waals surface area contributed by atoms with Crippen LogP contribution in [-0.4, -0.2) is 40.4 Å². The third-order valence-corrected chi connectivity index (χ3v) is 5.16. The first-order chi connectivity index (χ1) is 12.3. The fourth-order valence-electron chi connectivity index (χ4n) is 3.14. The van der Waals surface area contributed by atoms with E-state index in [4.69, 9.17) is 4.98 Å². The summed E-state index contributed by atoms with van der Waals surface area (Å²) in [5.74, 6) is 1.73. The summed E-state index contributed by atoms with van der Waals surface area (Å²) in [6.07, 6.45) is 2.74. The minimum Gasteiger partial charge on any atom is -0.369 e. The molecule has 1 aliphatic rings. The minimum absolute atomic E-state index is 0.224. The van der Waals surface area contributed by atoms with Crippen LogP contribution in [0.1, 0.15) is 19.3 Å². The van der Waals surface area contributed by atoms with E-state index in [0.29, 0.717) is 18.8 Å². The summed E-state index contributed by atoms with van der Waals surface area (Å²) in [6, 6.07) is 9.99. The van der Waals surface area contributed by atoms with Crippen LogP contribution in [0, 0.1) is 0 Å². The van der Waals surface area contributed by atoms with Gasteiger partial charge in [-0.2, -0.15) is 11.3 Å². The van der Waals surface area contributed by atoms with E-state index in [1.807, 2.05) is 46.0 Å². The lowest BCUT2D eigenvalue weighted by atomic mass is 10.2. The number of nitrogens with zero attached hydrogens (tertiary/aromatic N) is 3. The van der Waals surface area contributed by atoms with Crippen molar-refractivity contribution in [3.63, 3.8) is 0 Å². The molecule has 0 bridgehead atoms. The first kappa shape index (κ1) is 16.0. The molecule has 1 N–H and O–H groups in total. The predicted molar refractivity (Wildman–Crippen MR) is 102 cm³/mol. The number of para-hydroxylation sites is 1. The van der Waals surface area contributed by atoms with E-state index in [2.05, 4.69) is 10.3 Å². The molecule has 3 aromatic rings. The van der Waals surface area contributed by atoms with Gasteiger partial charge in [-0.3, -0.25) is 4.79 Å². The zero-order valence-electron chi connectivity index (χ0n) is 13.9. The number of likely N-dealkylation sites (tertiary alicyclic amines) is 1. The number of anilines is 1. The summed E-state index contributed by atoms with van der Waals surface area (Å²) in [5.41, 5.74) is 1.93. The highest BCUT2D eigenvalue weighted by molar-refractivity contribution is 7.08. The van der Waals surface area contributed by atoms with E-state index in [0.717, 1.165) is 48.2 Å². The summed E-state index contributed by atoms with van der Waals surface area (Å²) in [7, 11) is 0. The largest absolute Gasteiger partial charge is 0.369 e. The highest BCUT2D eigenvalue weighted by Gasteiger charge is 2.17. The number of fused-ring (bicyclic) bond motifs is 1. The van der Waals surface area contributed by atoms with Gasteiger partial charge in [-0.1, -0.05) is 12.1 Å². The van der Waals surface area contributed by atoms with Crippen molar-refractivity contribution >= 4 is 34.0 Å². The van der Waals surface area contributed by atoms with Crippen LogP contribution in [0.25, 0.3) is 22.3 Å². The number of carbonyl (C=O) groups is 1. The van der Waals surface area contributed by atoms with E-state index < -0.39 is 0 Å². The average molecular weight is 352 g/mol. The van der Waals surface area contributed by atoms with E-state index >= 15 is 0 Å². The first-order valence-electron chi connectivity index (χ1n) is 8.62. The monoisotopic (exact) mass is 352 g/mol. The van der Waals surface area contributed by atoms with Crippen LogP contribution >= 0.6 is 11.3 Å².